The number of rotatable bonds is 2. The quantitative estimate of drug-likeness (QED) is 0.268. The van der Waals surface area contributed by atoms with Crippen molar-refractivity contribution in [1.82, 2.24) is 4.98 Å². The van der Waals surface area contributed by atoms with E-state index in [9.17, 15) is 0 Å². The van der Waals surface area contributed by atoms with E-state index in [0.717, 1.165) is 12.8 Å². The maximum Gasteiger partial charge on any atom is 0.0602 e. The molecule has 1 aliphatic rings. The van der Waals surface area contributed by atoms with Crippen molar-refractivity contribution < 1.29 is 0 Å². The van der Waals surface area contributed by atoms with Crippen LogP contribution >= 0.6 is 11.3 Å². The fourth-order valence-electron chi connectivity index (χ4n) is 5.79. The Morgan fingerprint density at radius 2 is 1.44 bits per heavy atom. The average Bonchev–Trinajstić information content (AvgIpc) is 3.42. The molecule has 0 saturated carbocycles. The van der Waals surface area contributed by atoms with Crippen molar-refractivity contribution in [3.05, 3.63) is 107 Å². The summed E-state index contributed by atoms with van der Waals surface area (Å²) in [5.41, 5.74) is 13.4. The smallest absolute Gasteiger partial charge is 0.0602 e. The molecular formula is C32H25NS. The second-order valence-electron chi connectivity index (χ2n) is 9.46. The van der Waals surface area contributed by atoms with E-state index in [1.54, 1.807) is 0 Å². The summed E-state index contributed by atoms with van der Waals surface area (Å²) in [6.45, 7) is 4.43. The lowest BCUT2D eigenvalue weighted by atomic mass is 9.88. The number of fused-ring (bicyclic) bond motifs is 7. The molecule has 0 spiro atoms. The van der Waals surface area contributed by atoms with Crippen LogP contribution in [0.25, 0.3) is 53.8 Å². The summed E-state index contributed by atoms with van der Waals surface area (Å²) in [5.74, 6) is 0. The predicted molar refractivity (Wildman–Crippen MR) is 147 cm³/mol. The Morgan fingerprint density at radius 1 is 0.676 bits per heavy atom. The molecule has 0 unspecified atom stereocenters. The Balaban J connectivity index is 1.42. The highest BCUT2D eigenvalue weighted by Gasteiger charge is 2.24. The molecule has 0 fully saturated rings. The van der Waals surface area contributed by atoms with E-state index in [-0.39, 0.29) is 0 Å². The lowest BCUT2D eigenvalue weighted by molar-refractivity contribution is 0.964. The maximum absolute atomic E-state index is 3.84. The fraction of sp³-hybridized carbons (Fsp3) is 0.125. The van der Waals surface area contributed by atoms with E-state index < -0.39 is 0 Å². The van der Waals surface area contributed by atoms with Crippen LogP contribution in [0, 0.1) is 13.8 Å². The van der Waals surface area contributed by atoms with Crippen LogP contribution in [-0.2, 0) is 12.8 Å². The molecule has 164 valence electrons. The minimum atomic E-state index is 1.10. The van der Waals surface area contributed by atoms with E-state index in [1.807, 2.05) is 11.3 Å². The Morgan fingerprint density at radius 3 is 2.35 bits per heavy atom. The van der Waals surface area contributed by atoms with Crippen molar-refractivity contribution >= 4 is 32.3 Å². The number of nitrogens with one attached hydrogen (secondary N) is 1. The Bertz CT molecular complexity index is 1730. The van der Waals surface area contributed by atoms with Gasteiger partial charge in [-0.25, -0.2) is 0 Å². The van der Waals surface area contributed by atoms with Crippen molar-refractivity contribution in [1.29, 1.82) is 0 Å². The third-order valence-electron chi connectivity index (χ3n) is 7.45. The second kappa shape index (κ2) is 7.44. The summed E-state index contributed by atoms with van der Waals surface area (Å²) in [6.07, 6.45) is 2.22. The first-order valence-corrected chi connectivity index (χ1v) is 12.8. The van der Waals surface area contributed by atoms with Gasteiger partial charge in [-0.15, -0.1) is 11.3 Å². The molecule has 2 heterocycles. The number of H-pyrrole nitrogens is 1. The van der Waals surface area contributed by atoms with Crippen LogP contribution in [0.4, 0.5) is 0 Å². The molecule has 1 N–H and O–H groups in total. The van der Waals surface area contributed by atoms with Gasteiger partial charge in [-0.3, -0.25) is 0 Å². The van der Waals surface area contributed by atoms with E-state index in [2.05, 4.69) is 104 Å². The molecule has 2 heteroatoms. The number of aryl methyl sites for hydroxylation is 4. The highest BCUT2D eigenvalue weighted by molar-refractivity contribution is 7.22. The van der Waals surface area contributed by atoms with Gasteiger partial charge in [-0.2, -0.15) is 0 Å². The minimum Gasteiger partial charge on any atom is -0.354 e. The van der Waals surface area contributed by atoms with Gasteiger partial charge in [0.05, 0.1) is 10.6 Å². The molecule has 0 amide bonds. The molecule has 34 heavy (non-hydrogen) atoms. The molecule has 1 aliphatic carbocycles. The largest absolute Gasteiger partial charge is 0.354 e. The molecule has 2 aromatic heterocycles. The number of benzene rings is 4. The first kappa shape index (κ1) is 19.8. The Hall–Kier alpha value is -3.62. The first-order valence-electron chi connectivity index (χ1n) is 12.0. The van der Waals surface area contributed by atoms with E-state index in [1.165, 1.54) is 76.1 Å². The number of hydrogen-bond donors (Lipinski definition) is 1. The summed E-state index contributed by atoms with van der Waals surface area (Å²) in [6, 6.07) is 31.2. The monoisotopic (exact) mass is 455 g/mol. The zero-order valence-corrected chi connectivity index (χ0v) is 20.2. The van der Waals surface area contributed by atoms with Crippen molar-refractivity contribution in [3.8, 4) is 32.8 Å². The van der Waals surface area contributed by atoms with E-state index >= 15 is 0 Å². The fourth-order valence-corrected chi connectivity index (χ4v) is 7.07. The van der Waals surface area contributed by atoms with Crippen molar-refractivity contribution in [2.75, 3.05) is 0 Å². The van der Waals surface area contributed by atoms with E-state index in [0.29, 0.717) is 0 Å². The normalized spacial score (nSPS) is 12.8. The molecule has 0 bridgehead atoms. The van der Waals surface area contributed by atoms with Gasteiger partial charge < -0.3 is 4.98 Å². The highest BCUT2D eigenvalue weighted by Crippen LogP contribution is 2.46. The van der Waals surface area contributed by atoms with Gasteiger partial charge in [0.2, 0.25) is 0 Å². The van der Waals surface area contributed by atoms with Gasteiger partial charge in [0.15, 0.2) is 0 Å². The average molecular weight is 456 g/mol. The first-order chi connectivity index (χ1) is 16.7. The van der Waals surface area contributed by atoms with Gasteiger partial charge in [0.1, 0.15) is 0 Å². The molecule has 0 radical (unpaired) electrons. The molecule has 6 aromatic rings. The van der Waals surface area contributed by atoms with Crippen LogP contribution < -0.4 is 0 Å². The Kier molecular flexibility index (Phi) is 4.34. The molecular weight excluding hydrogens is 430 g/mol. The predicted octanol–water partition coefficient (Wildman–Crippen LogP) is 9.10. The van der Waals surface area contributed by atoms with Gasteiger partial charge in [0.25, 0.3) is 0 Å². The molecule has 0 atom stereocenters. The van der Waals surface area contributed by atoms with Gasteiger partial charge in [-0.05, 0) is 88.7 Å². The van der Waals surface area contributed by atoms with Crippen LogP contribution in [-0.4, -0.2) is 4.98 Å². The van der Waals surface area contributed by atoms with Gasteiger partial charge in [0, 0.05) is 15.6 Å². The summed E-state index contributed by atoms with van der Waals surface area (Å²) < 4.78 is 1.39. The summed E-state index contributed by atoms with van der Waals surface area (Å²) >= 11 is 1.93. The molecule has 0 aliphatic heterocycles. The topological polar surface area (TPSA) is 15.8 Å². The number of aromatic nitrogens is 1. The molecule has 7 rings (SSSR count). The van der Waals surface area contributed by atoms with Crippen molar-refractivity contribution in [3.63, 3.8) is 0 Å². The highest BCUT2D eigenvalue weighted by atomic mass is 32.1. The van der Waals surface area contributed by atoms with Crippen LogP contribution in [0.1, 0.15) is 22.3 Å². The summed E-state index contributed by atoms with van der Waals surface area (Å²) in [7, 11) is 0. The van der Waals surface area contributed by atoms with Crippen molar-refractivity contribution in [2.45, 2.75) is 26.7 Å². The number of aromatic amines is 1. The van der Waals surface area contributed by atoms with Crippen LogP contribution in [0.3, 0.4) is 0 Å². The van der Waals surface area contributed by atoms with Gasteiger partial charge >= 0.3 is 0 Å². The van der Waals surface area contributed by atoms with Crippen molar-refractivity contribution in [2.24, 2.45) is 0 Å². The Labute approximate surface area is 203 Å². The third kappa shape index (κ3) is 2.85. The lowest BCUT2D eigenvalue weighted by Gasteiger charge is -2.15. The third-order valence-corrected chi connectivity index (χ3v) is 8.69. The standard InChI is InChI=1S/C32H25NS/c1-19-8-3-4-10-22(19)30-20(2)9-7-12-23(30)21-14-15-24-26-16-17-27-25-11-5-6-13-29(25)34-32(27)31(26)33-28(24)18-21/h3-15,18,33H,16-17H2,1-2H3. The van der Waals surface area contributed by atoms with Crippen LogP contribution in [0.2, 0.25) is 0 Å². The van der Waals surface area contributed by atoms with E-state index in [4.69, 9.17) is 0 Å². The SMILES string of the molecule is Cc1ccccc1-c1c(C)cccc1-c1ccc2c3c([nH]c2c1)-c1sc2ccccc2c1CC3. The van der Waals surface area contributed by atoms with Crippen LogP contribution in [0.5, 0.6) is 0 Å². The summed E-state index contributed by atoms with van der Waals surface area (Å²) in [4.78, 5) is 5.27. The zero-order valence-electron chi connectivity index (χ0n) is 19.4. The molecule has 0 saturated heterocycles. The van der Waals surface area contributed by atoms with Gasteiger partial charge in [-0.1, -0.05) is 72.8 Å². The lowest BCUT2D eigenvalue weighted by Crippen LogP contribution is -1.99. The maximum atomic E-state index is 3.84. The number of thiophene rings is 1. The zero-order chi connectivity index (χ0) is 22.8. The number of hydrogen-bond acceptors (Lipinski definition) is 1. The van der Waals surface area contributed by atoms with Crippen LogP contribution in [0.15, 0.2) is 84.9 Å². The molecule has 1 nitrogen and oxygen atoms in total. The minimum absolute atomic E-state index is 1.10. The second-order valence-corrected chi connectivity index (χ2v) is 10.5. The molecule has 4 aromatic carbocycles. The summed E-state index contributed by atoms with van der Waals surface area (Å²) in [5, 5.41) is 2.79.